The van der Waals surface area contributed by atoms with Crippen molar-refractivity contribution in [2.24, 2.45) is 0 Å². The van der Waals surface area contributed by atoms with E-state index in [0.717, 1.165) is 0 Å². The standard InChI is InChI=1S/C23H28N2O6/c1-6-29-19-13-8-7-12-18(19)25-20(26)15(2)30-21(27)16-10-9-11-17(14-16)24-22(28)31-23(3,4)5/h7-15H,6H2,1-5H3,(H,24,28)(H,25,26). The van der Waals surface area contributed by atoms with Gasteiger partial charge in [0.15, 0.2) is 6.10 Å². The highest BCUT2D eigenvalue weighted by molar-refractivity contribution is 5.98. The molecule has 2 N–H and O–H groups in total. The van der Waals surface area contributed by atoms with E-state index in [1.54, 1.807) is 57.2 Å². The van der Waals surface area contributed by atoms with E-state index in [2.05, 4.69) is 10.6 Å². The van der Waals surface area contributed by atoms with Crippen LogP contribution in [0.4, 0.5) is 16.2 Å². The van der Waals surface area contributed by atoms with Gasteiger partial charge in [-0.3, -0.25) is 10.1 Å². The van der Waals surface area contributed by atoms with Gasteiger partial charge in [-0.2, -0.15) is 0 Å². The van der Waals surface area contributed by atoms with Gasteiger partial charge in [-0.1, -0.05) is 18.2 Å². The van der Waals surface area contributed by atoms with Crippen LogP contribution in [0, 0.1) is 0 Å². The number of esters is 1. The Morgan fingerprint density at radius 3 is 2.39 bits per heavy atom. The van der Waals surface area contributed by atoms with Crippen LogP contribution in [-0.4, -0.2) is 36.3 Å². The Morgan fingerprint density at radius 2 is 1.71 bits per heavy atom. The van der Waals surface area contributed by atoms with Gasteiger partial charge in [-0.15, -0.1) is 0 Å². The Bertz CT molecular complexity index is 936. The first-order valence-corrected chi connectivity index (χ1v) is 9.93. The number of hydrogen-bond acceptors (Lipinski definition) is 6. The molecule has 8 heteroatoms. The summed E-state index contributed by atoms with van der Waals surface area (Å²) >= 11 is 0. The van der Waals surface area contributed by atoms with Crippen molar-refractivity contribution in [3.8, 4) is 5.75 Å². The fourth-order valence-electron chi connectivity index (χ4n) is 2.51. The fraction of sp³-hybridized carbons (Fsp3) is 0.348. The summed E-state index contributed by atoms with van der Waals surface area (Å²) in [4.78, 5) is 36.9. The van der Waals surface area contributed by atoms with Gasteiger partial charge >= 0.3 is 12.1 Å². The second kappa shape index (κ2) is 10.5. The number of benzene rings is 2. The Labute approximate surface area is 181 Å². The molecule has 0 aliphatic rings. The maximum Gasteiger partial charge on any atom is 0.412 e. The smallest absolute Gasteiger partial charge is 0.412 e. The lowest BCUT2D eigenvalue weighted by atomic mass is 10.2. The van der Waals surface area contributed by atoms with Crippen molar-refractivity contribution in [3.63, 3.8) is 0 Å². The average molecular weight is 428 g/mol. The highest BCUT2D eigenvalue weighted by Gasteiger charge is 2.21. The number of para-hydroxylation sites is 2. The molecule has 0 radical (unpaired) electrons. The summed E-state index contributed by atoms with van der Waals surface area (Å²) in [6.07, 6.45) is -1.69. The molecular weight excluding hydrogens is 400 g/mol. The normalized spacial score (nSPS) is 11.8. The van der Waals surface area contributed by atoms with Crippen LogP contribution in [0.3, 0.4) is 0 Å². The van der Waals surface area contributed by atoms with E-state index >= 15 is 0 Å². The van der Waals surface area contributed by atoms with Crippen molar-refractivity contribution in [3.05, 3.63) is 54.1 Å². The van der Waals surface area contributed by atoms with Crippen LogP contribution < -0.4 is 15.4 Å². The van der Waals surface area contributed by atoms with Gasteiger partial charge in [0.05, 0.1) is 17.9 Å². The molecule has 2 aromatic carbocycles. The van der Waals surface area contributed by atoms with Crippen LogP contribution in [0.15, 0.2) is 48.5 Å². The second-order valence-corrected chi connectivity index (χ2v) is 7.67. The zero-order valence-electron chi connectivity index (χ0n) is 18.4. The third kappa shape index (κ3) is 7.65. The van der Waals surface area contributed by atoms with E-state index < -0.39 is 29.7 Å². The number of carbonyl (C=O) groups is 3. The number of rotatable bonds is 7. The van der Waals surface area contributed by atoms with Crippen molar-refractivity contribution in [2.45, 2.75) is 46.3 Å². The number of carbonyl (C=O) groups excluding carboxylic acids is 3. The zero-order valence-corrected chi connectivity index (χ0v) is 18.4. The van der Waals surface area contributed by atoms with Crippen LogP contribution in [0.25, 0.3) is 0 Å². The molecule has 1 atom stereocenters. The van der Waals surface area contributed by atoms with E-state index in [4.69, 9.17) is 14.2 Å². The third-order valence-electron chi connectivity index (χ3n) is 3.84. The molecule has 0 saturated heterocycles. The molecule has 0 bridgehead atoms. The molecule has 31 heavy (non-hydrogen) atoms. The van der Waals surface area contributed by atoms with E-state index in [9.17, 15) is 14.4 Å². The predicted molar refractivity (Wildman–Crippen MR) is 117 cm³/mol. The second-order valence-electron chi connectivity index (χ2n) is 7.67. The molecule has 0 aromatic heterocycles. The number of hydrogen-bond donors (Lipinski definition) is 2. The molecule has 166 valence electrons. The molecule has 0 fully saturated rings. The molecule has 1 unspecified atom stereocenters. The Balaban J connectivity index is 1.99. The van der Waals surface area contributed by atoms with E-state index in [-0.39, 0.29) is 5.56 Å². The van der Waals surface area contributed by atoms with Gasteiger partial charge < -0.3 is 19.5 Å². The Hall–Kier alpha value is -3.55. The van der Waals surface area contributed by atoms with Gasteiger partial charge in [0, 0.05) is 5.69 Å². The Morgan fingerprint density at radius 1 is 1.00 bits per heavy atom. The highest BCUT2D eigenvalue weighted by atomic mass is 16.6. The number of ether oxygens (including phenoxy) is 3. The molecule has 2 aromatic rings. The lowest BCUT2D eigenvalue weighted by Crippen LogP contribution is -2.30. The first-order valence-electron chi connectivity index (χ1n) is 9.93. The zero-order chi connectivity index (χ0) is 23.0. The number of nitrogens with one attached hydrogen (secondary N) is 2. The van der Waals surface area contributed by atoms with Crippen molar-refractivity contribution in [2.75, 3.05) is 17.2 Å². The molecule has 2 rings (SSSR count). The van der Waals surface area contributed by atoms with Crippen molar-refractivity contribution < 1.29 is 28.6 Å². The molecule has 0 aliphatic heterocycles. The first kappa shape index (κ1) is 23.7. The van der Waals surface area contributed by atoms with Crippen LogP contribution in [-0.2, 0) is 14.3 Å². The number of amides is 2. The minimum absolute atomic E-state index is 0.183. The number of anilines is 2. The van der Waals surface area contributed by atoms with Crippen LogP contribution >= 0.6 is 0 Å². The van der Waals surface area contributed by atoms with Gasteiger partial charge in [0.1, 0.15) is 11.4 Å². The first-order chi connectivity index (χ1) is 14.6. The van der Waals surface area contributed by atoms with Crippen LogP contribution in [0.5, 0.6) is 5.75 Å². The van der Waals surface area contributed by atoms with Crippen molar-refractivity contribution >= 4 is 29.3 Å². The minimum Gasteiger partial charge on any atom is -0.492 e. The van der Waals surface area contributed by atoms with Gasteiger partial charge in [-0.25, -0.2) is 9.59 Å². The fourth-order valence-corrected chi connectivity index (χ4v) is 2.51. The van der Waals surface area contributed by atoms with E-state index in [1.165, 1.54) is 19.1 Å². The Kier molecular flexibility index (Phi) is 8.01. The quantitative estimate of drug-likeness (QED) is 0.624. The third-order valence-corrected chi connectivity index (χ3v) is 3.84. The summed E-state index contributed by atoms with van der Waals surface area (Å²) in [5.74, 6) is -0.671. The maximum absolute atomic E-state index is 12.5. The molecule has 0 spiro atoms. The maximum atomic E-state index is 12.5. The topological polar surface area (TPSA) is 103 Å². The van der Waals surface area contributed by atoms with Gasteiger partial charge in [0.2, 0.25) is 0 Å². The van der Waals surface area contributed by atoms with Crippen LogP contribution in [0.2, 0.25) is 0 Å². The van der Waals surface area contributed by atoms with Gasteiger partial charge in [0.25, 0.3) is 5.91 Å². The molecule has 0 saturated carbocycles. The summed E-state index contributed by atoms with van der Waals surface area (Å²) in [6, 6.07) is 13.2. The summed E-state index contributed by atoms with van der Waals surface area (Å²) in [5.41, 5.74) is 0.389. The lowest BCUT2D eigenvalue weighted by molar-refractivity contribution is -0.123. The average Bonchev–Trinajstić information content (AvgIpc) is 2.68. The minimum atomic E-state index is -1.05. The van der Waals surface area contributed by atoms with Crippen LogP contribution in [0.1, 0.15) is 45.0 Å². The van der Waals surface area contributed by atoms with Crippen molar-refractivity contribution in [1.29, 1.82) is 0 Å². The summed E-state index contributed by atoms with van der Waals surface area (Å²) in [6.45, 7) is 9.01. The summed E-state index contributed by atoms with van der Waals surface area (Å²) in [7, 11) is 0. The van der Waals surface area contributed by atoms with Crippen molar-refractivity contribution in [1.82, 2.24) is 0 Å². The lowest BCUT2D eigenvalue weighted by Gasteiger charge is -2.19. The molecular formula is C23H28N2O6. The predicted octanol–water partition coefficient (Wildman–Crippen LogP) is 4.62. The molecule has 8 nitrogen and oxygen atoms in total. The summed E-state index contributed by atoms with van der Waals surface area (Å²) < 4.78 is 15.9. The van der Waals surface area contributed by atoms with Gasteiger partial charge in [-0.05, 0) is 65.0 Å². The van der Waals surface area contributed by atoms with E-state index in [0.29, 0.717) is 23.7 Å². The molecule has 2 amide bonds. The molecule has 0 aliphatic carbocycles. The summed E-state index contributed by atoms with van der Waals surface area (Å²) in [5, 5.41) is 5.25. The monoisotopic (exact) mass is 428 g/mol. The van der Waals surface area contributed by atoms with E-state index in [1.807, 2.05) is 6.92 Å². The SMILES string of the molecule is CCOc1ccccc1NC(=O)C(C)OC(=O)c1cccc(NC(=O)OC(C)(C)C)c1. The highest BCUT2D eigenvalue weighted by Crippen LogP contribution is 2.24. The largest absolute Gasteiger partial charge is 0.492 e. The molecule has 0 heterocycles.